The number of rotatable bonds is 5. The third-order valence-electron chi connectivity index (χ3n) is 2.45. The molecule has 1 aliphatic heterocycles. The first-order valence-electron chi connectivity index (χ1n) is 5.08. The summed E-state index contributed by atoms with van der Waals surface area (Å²) in [4.78, 5) is 19.4. The minimum Gasteiger partial charge on any atom is -0.396 e. The first-order chi connectivity index (χ1) is 7.01. The van der Waals surface area contributed by atoms with Crippen molar-refractivity contribution in [3.8, 4) is 0 Å². The van der Waals surface area contributed by atoms with Crippen LogP contribution in [0.1, 0.15) is 19.3 Å². The molecule has 90 valence electrons. The van der Waals surface area contributed by atoms with Crippen molar-refractivity contribution >= 4 is 7.82 Å². The molecule has 0 saturated carbocycles. The summed E-state index contributed by atoms with van der Waals surface area (Å²) in [5.74, 6) is 0. The Morgan fingerprint density at radius 1 is 1.33 bits per heavy atom. The molecule has 0 aromatic heterocycles. The first kappa shape index (κ1) is 13.1. The maximum atomic E-state index is 10.6. The van der Waals surface area contributed by atoms with E-state index in [0.717, 1.165) is 26.1 Å². The van der Waals surface area contributed by atoms with E-state index in [1.54, 1.807) is 0 Å². The van der Waals surface area contributed by atoms with Gasteiger partial charge in [0, 0.05) is 26.2 Å². The number of aliphatic hydroxyl groups is 1. The predicted molar refractivity (Wildman–Crippen MR) is 54.3 cm³/mol. The lowest BCUT2D eigenvalue weighted by Crippen LogP contribution is -2.37. The second-order valence-corrected chi connectivity index (χ2v) is 4.91. The molecule has 0 radical (unpaired) electrons. The maximum absolute atomic E-state index is 10.6. The van der Waals surface area contributed by atoms with Crippen LogP contribution in [0.4, 0.5) is 0 Å². The molecule has 1 fully saturated rings. The molecule has 0 atom stereocenters. The van der Waals surface area contributed by atoms with Crippen molar-refractivity contribution in [1.29, 1.82) is 0 Å². The van der Waals surface area contributed by atoms with Crippen molar-refractivity contribution in [2.24, 2.45) is 0 Å². The van der Waals surface area contributed by atoms with Crippen LogP contribution >= 0.6 is 7.82 Å². The van der Waals surface area contributed by atoms with Crippen molar-refractivity contribution in [3.05, 3.63) is 0 Å². The molecule has 0 amide bonds. The highest BCUT2D eigenvalue weighted by Crippen LogP contribution is 2.39. The molecular weight excluding hydrogens is 221 g/mol. The van der Waals surface area contributed by atoms with Gasteiger partial charge in [0.15, 0.2) is 0 Å². The first-order valence-corrected chi connectivity index (χ1v) is 6.61. The average Bonchev–Trinajstić information content (AvgIpc) is 2.14. The molecule has 3 N–H and O–H groups in total. The van der Waals surface area contributed by atoms with E-state index in [2.05, 4.69) is 9.42 Å². The quantitative estimate of drug-likeness (QED) is 0.582. The lowest BCUT2D eigenvalue weighted by Gasteiger charge is -2.31. The number of likely N-dealkylation sites (tertiary alicyclic amines) is 1. The van der Waals surface area contributed by atoms with Gasteiger partial charge < -0.3 is 19.8 Å². The lowest BCUT2D eigenvalue weighted by atomic mass is 10.1. The zero-order valence-corrected chi connectivity index (χ0v) is 9.47. The van der Waals surface area contributed by atoms with Crippen molar-refractivity contribution in [2.45, 2.75) is 25.4 Å². The summed E-state index contributed by atoms with van der Waals surface area (Å²) in [5.41, 5.74) is 0. The smallest absolute Gasteiger partial charge is 0.396 e. The van der Waals surface area contributed by atoms with E-state index >= 15 is 0 Å². The van der Waals surface area contributed by atoms with Gasteiger partial charge >= 0.3 is 7.82 Å². The number of aliphatic hydroxyl groups excluding tert-OH is 1. The Labute approximate surface area is 89.1 Å². The molecule has 0 aromatic rings. The Hall–Kier alpha value is 0.0300. The number of phosphoric acid groups is 1. The molecule has 15 heavy (non-hydrogen) atoms. The van der Waals surface area contributed by atoms with Crippen LogP contribution in [0.15, 0.2) is 0 Å². The highest BCUT2D eigenvalue weighted by molar-refractivity contribution is 7.46. The number of phosphoric ester groups is 1. The summed E-state index contributed by atoms with van der Waals surface area (Å²) in [6.07, 6.45) is 1.67. The SMILES string of the molecule is O=P(O)(O)OC1CCN(CCCO)CC1. The highest BCUT2D eigenvalue weighted by Gasteiger charge is 2.26. The van der Waals surface area contributed by atoms with Gasteiger partial charge in [0.1, 0.15) is 0 Å². The molecule has 0 aromatic carbocycles. The van der Waals surface area contributed by atoms with E-state index < -0.39 is 7.82 Å². The van der Waals surface area contributed by atoms with E-state index in [0.29, 0.717) is 12.8 Å². The van der Waals surface area contributed by atoms with Crippen LogP contribution in [0.3, 0.4) is 0 Å². The summed E-state index contributed by atoms with van der Waals surface area (Å²) in [6, 6.07) is 0. The molecule has 0 bridgehead atoms. The van der Waals surface area contributed by atoms with Gasteiger partial charge in [0.25, 0.3) is 0 Å². The molecule has 7 heteroatoms. The second kappa shape index (κ2) is 5.94. The van der Waals surface area contributed by atoms with Gasteiger partial charge in [-0.2, -0.15) is 0 Å². The third-order valence-corrected chi connectivity index (χ3v) is 3.03. The van der Waals surface area contributed by atoms with Crippen LogP contribution in [0.2, 0.25) is 0 Å². The third kappa shape index (κ3) is 5.61. The Bertz CT molecular complexity index is 223. The van der Waals surface area contributed by atoms with Crippen LogP contribution in [0.5, 0.6) is 0 Å². The molecule has 0 spiro atoms. The van der Waals surface area contributed by atoms with Gasteiger partial charge in [0.2, 0.25) is 0 Å². The summed E-state index contributed by atoms with van der Waals surface area (Å²) in [6.45, 7) is 2.55. The Morgan fingerprint density at radius 2 is 1.93 bits per heavy atom. The van der Waals surface area contributed by atoms with E-state index in [9.17, 15) is 4.57 Å². The number of hydrogen-bond acceptors (Lipinski definition) is 4. The fourth-order valence-electron chi connectivity index (χ4n) is 1.73. The highest BCUT2D eigenvalue weighted by atomic mass is 31.2. The summed E-state index contributed by atoms with van der Waals surface area (Å²) in [7, 11) is -4.33. The van der Waals surface area contributed by atoms with Crippen molar-refractivity contribution in [1.82, 2.24) is 4.90 Å². The largest absolute Gasteiger partial charge is 0.469 e. The second-order valence-electron chi connectivity index (χ2n) is 3.71. The monoisotopic (exact) mass is 239 g/mol. The minimum atomic E-state index is -4.33. The van der Waals surface area contributed by atoms with Crippen LogP contribution in [-0.4, -0.2) is 52.1 Å². The zero-order valence-electron chi connectivity index (χ0n) is 8.58. The standard InChI is InChI=1S/C8H18NO5P/c10-7-1-4-9-5-2-8(3-6-9)14-15(11,12)13/h8,10H,1-7H2,(H2,11,12,13). The van der Waals surface area contributed by atoms with Crippen LogP contribution in [0.25, 0.3) is 0 Å². The fraction of sp³-hybridized carbons (Fsp3) is 1.00. The Balaban J connectivity index is 2.21. The maximum Gasteiger partial charge on any atom is 0.469 e. The molecular formula is C8H18NO5P. The van der Waals surface area contributed by atoms with E-state index in [1.807, 2.05) is 0 Å². The van der Waals surface area contributed by atoms with E-state index in [4.69, 9.17) is 14.9 Å². The van der Waals surface area contributed by atoms with Gasteiger partial charge in [-0.05, 0) is 19.3 Å². The summed E-state index contributed by atoms with van der Waals surface area (Å²) < 4.78 is 15.2. The summed E-state index contributed by atoms with van der Waals surface area (Å²) in [5, 5.41) is 8.65. The van der Waals surface area contributed by atoms with Gasteiger partial charge in [-0.15, -0.1) is 0 Å². The van der Waals surface area contributed by atoms with Gasteiger partial charge in [0.05, 0.1) is 6.10 Å². The van der Waals surface area contributed by atoms with Gasteiger partial charge in [-0.25, -0.2) is 4.57 Å². The van der Waals surface area contributed by atoms with E-state index in [-0.39, 0.29) is 12.7 Å². The normalized spacial score (nSPS) is 20.7. The summed E-state index contributed by atoms with van der Waals surface area (Å²) >= 11 is 0. The number of hydrogen-bond donors (Lipinski definition) is 3. The molecule has 0 aliphatic carbocycles. The van der Waals surface area contributed by atoms with Crippen LogP contribution in [-0.2, 0) is 9.09 Å². The minimum absolute atomic E-state index is 0.179. The van der Waals surface area contributed by atoms with Crippen molar-refractivity contribution in [3.63, 3.8) is 0 Å². The Morgan fingerprint density at radius 3 is 2.40 bits per heavy atom. The molecule has 1 saturated heterocycles. The zero-order chi connectivity index (χ0) is 11.3. The molecule has 6 nitrogen and oxygen atoms in total. The molecule has 1 rings (SSSR count). The van der Waals surface area contributed by atoms with Crippen LogP contribution < -0.4 is 0 Å². The van der Waals surface area contributed by atoms with Gasteiger partial charge in [-0.1, -0.05) is 0 Å². The van der Waals surface area contributed by atoms with Crippen molar-refractivity contribution < 1.29 is 24.0 Å². The number of nitrogens with zero attached hydrogens (tertiary/aromatic N) is 1. The fourth-order valence-corrected chi connectivity index (χ4v) is 2.33. The average molecular weight is 239 g/mol. The number of piperidine rings is 1. The topological polar surface area (TPSA) is 90.2 Å². The molecule has 1 aliphatic rings. The Kier molecular flexibility index (Phi) is 5.18. The van der Waals surface area contributed by atoms with Gasteiger partial charge in [-0.3, -0.25) is 4.52 Å². The van der Waals surface area contributed by atoms with E-state index in [1.165, 1.54) is 0 Å². The lowest BCUT2D eigenvalue weighted by molar-refractivity contribution is 0.0691. The molecule has 1 heterocycles. The predicted octanol–water partition coefficient (Wildman–Crippen LogP) is -0.0575. The van der Waals surface area contributed by atoms with Crippen LogP contribution in [0, 0.1) is 0 Å². The van der Waals surface area contributed by atoms with Crippen molar-refractivity contribution in [2.75, 3.05) is 26.2 Å². The molecule has 0 unspecified atom stereocenters.